The molecule has 0 unspecified atom stereocenters. The van der Waals surface area contributed by atoms with Crippen LogP contribution in [0.4, 0.5) is 28.9 Å². The number of hydrogen-bond acceptors (Lipinski definition) is 6. The van der Waals surface area contributed by atoms with Crippen molar-refractivity contribution in [3.05, 3.63) is 75.5 Å². The molecule has 0 radical (unpaired) electrons. The Morgan fingerprint density at radius 2 is 2.00 bits per heavy atom. The summed E-state index contributed by atoms with van der Waals surface area (Å²) < 4.78 is 55.4. The summed E-state index contributed by atoms with van der Waals surface area (Å²) in [6.07, 6.45) is -2.58. The molecule has 4 rings (SSSR count). The Morgan fingerprint density at radius 1 is 1.26 bits per heavy atom. The van der Waals surface area contributed by atoms with E-state index in [1.807, 2.05) is 17.5 Å². The number of alkyl halides is 3. The quantitative estimate of drug-likeness (QED) is 0.284. The van der Waals surface area contributed by atoms with Crippen LogP contribution in [0.15, 0.2) is 48.0 Å². The third-order valence-corrected chi connectivity index (χ3v) is 7.69. The predicted molar refractivity (Wildman–Crippen MR) is 142 cm³/mol. The first kappa shape index (κ1) is 28.1. The smallest absolute Gasteiger partial charge is 0.347 e. The minimum Gasteiger partial charge on any atom is -0.347 e. The second-order valence-electron chi connectivity index (χ2n) is 8.85. The van der Waals surface area contributed by atoms with E-state index >= 15 is 4.39 Å². The fourth-order valence-corrected chi connectivity index (χ4v) is 5.33. The number of nitrogens with zero attached hydrogens (tertiary/aromatic N) is 4. The highest BCUT2D eigenvalue weighted by atomic mass is 32.1. The van der Waals surface area contributed by atoms with Gasteiger partial charge in [0, 0.05) is 17.6 Å². The SMILES string of the molecule is CN(C(=O)C1(N(C=S)c2ccc(C(=O)NCc3cccs3)c(F)c2)CCC1)c1cnc(C#N)c(C(F)(F)F)c1. The zero-order chi connectivity index (χ0) is 28.4. The molecular formula is C26H21F4N5O2S2. The van der Waals surface area contributed by atoms with Gasteiger partial charge in [-0.05, 0) is 55.0 Å². The molecule has 3 aromatic rings. The number of anilines is 2. The lowest BCUT2D eigenvalue weighted by Gasteiger charge is -2.49. The number of pyridine rings is 1. The van der Waals surface area contributed by atoms with E-state index < -0.39 is 40.6 Å². The maximum atomic E-state index is 15.1. The van der Waals surface area contributed by atoms with Crippen molar-refractivity contribution in [3.63, 3.8) is 0 Å². The molecule has 13 heteroatoms. The topological polar surface area (TPSA) is 89.3 Å². The monoisotopic (exact) mass is 575 g/mol. The van der Waals surface area contributed by atoms with Crippen LogP contribution in [0.5, 0.6) is 0 Å². The van der Waals surface area contributed by atoms with Crippen molar-refractivity contribution in [3.8, 4) is 6.07 Å². The Kier molecular flexibility index (Phi) is 7.99. The van der Waals surface area contributed by atoms with Gasteiger partial charge in [-0.1, -0.05) is 18.3 Å². The van der Waals surface area contributed by atoms with Crippen LogP contribution < -0.4 is 15.1 Å². The Morgan fingerprint density at radius 3 is 2.54 bits per heavy atom. The summed E-state index contributed by atoms with van der Waals surface area (Å²) in [5, 5.41) is 13.5. The molecule has 2 heterocycles. The Labute approximate surface area is 230 Å². The van der Waals surface area contributed by atoms with Gasteiger partial charge in [-0.15, -0.1) is 11.3 Å². The van der Waals surface area contributed by atoms with Crippen LogP contribution in [-0.2, 0) is 17.5 Å². The van der Waals surface area contributed by atoms with Gasteiger partial charge < -0.3 is 15.1 Å². The number of benzene rings is 1. The first-order valence-corrected chi connectivity index (χ1v) is 13.0. The summed E-state index contributed by atoms with van der Waals surface area (Å²) in [4.78, 5) is 33.1. The number of carbonyl (C=O) groups excluding carboxylic acids is 2. The number of thiocarbonyl (C=S) groups is 1. The number of carbonyl (C=O) groups is 2. The molecule has 2 aromatic heterocycles. The second-order valence-corrected chi connectivity index (χ2v) is 10.1. The van der Waals surface area contributed by atoms with Crippen LogP contribution in [0.25, 0.3) is 0 Å². The molecule has 1 saturated carbocycles. The number of aromatic nitrogens is 1. The van der Waals surface area contributed by atoms with Crippen molar-refractivity contribution in [2.45, 2.75) is 37.5 Å². The number of nitrogens with one attached hydrogen (secondary N) is 1. The fourth-order valence-electron chi connectivity index (χ4n) is 4.36. The number of likely N-dealkylation sites (N-methyl/N-ethyl adjacent to an activating group) is 1. The van der Waals surface area contributed by atoms with Crippen molar-refractivity contribution in [2.24, 2.45) is 0 Å². The zero-order valence-corrected chi connectivity index (χ0v) is 22.1. The van der Waals surface area contributed by atoms with Gasteiger partial charge in [0.1, 0.15) is 17.4 Å². The summed E-state index contributed by atoms with van der Waals surface area (Å²) in [5.41, 5.74) is -2.29. The largest absolute Gasteiger partial charge is 0.419 e. The lowest BCUT2D eigenvalue weighted by molar-refractivity contribution is -0.138. The summed E-state index contributed by atoms with van der Waals surface area (Å²) in [6, 6.07) is 9.63. The predicted octanol–water partition coefficient (Wildman–Crippen LogP) is 5.45. The first-order valence-electron chi connectivity index (χ1n) is 11.6. The number of rotatable bonds is 8. The Hall–Kier alpha value is -3.89. The molecule has 0 aliphatic heterocycles. The average molecular weight is 576 g/mol. The summed E-state index contributed by atoms with van der Waals surface area (Å²) >= 11 is 6.63. The maximum absolute atomic E-state index is 15.1. The minimum absolute atomic E-state index is 0.161. The average Bonchev–Trinajstić information content (AvgIpc) is 3.41. The highest BCUT2D eigenvalue weighted by Gasteiger charge is 2.51. The van der Waals surface area contributed by atoms with E-state index in [1.54, 1.807) is 0 Å². The number of halogens is 4. The number of thiophene rings is 1. The van der Waals surface area contributed by atoms with Crippen LogP contribution in [-0.4, -0.2) is 34.9 Å². The normalized spacial score (nSPS) is 14.1. The van der Waals surface area contributed by atoms with E-state index in [4.69, 9.17) is 17.5 Å². The van der Waals surface area contributed by atoms with E-state index in [0.717, 1.165) is 22.0 Å². The molecule has 0 spiro atoms. The minimum atomic E-state index is -4.85. The van der Waals surface area contributed by atoms with Crippen LogP contribution >= 0.6 is 23.6 Å². The van der Waals surface area contributed by atoms with Crippen LogP contribution in [0.2, 0.25) is 0 Å². The molecule has 1 fully saturated rings. The second kappa shape index (κ2) is 11.1. The third-order valence-electron chi connectivity index (χ3n) is 6.60. The summed E-state index contributed by atoms with van der Waals surface area (Å²) in [7, 11) is 1.30. The van der Waals surface area contributed by atoms with E-state index in [-0.39, 0.29) is 23.5 Å². The van der Waals surface area contributed by atoms with Gasteiger partial charge >= 0.3 is 6.18 Å². The molecule has 1 N–H and O–H groups in total. The highest BCUT2D eigenvalue weighted by Crippen LogP contribution is 2.43. The zero-order valence-electron chi connectivity index (χ0n) is 20.5. The third kappa shape index (κ3) is 5.48. The molecular weight excluding hydrogens is 554 g/mol. The van der Waals surface area contributed by atoms with E-state index in [0.29, 0.717) is 25.3 Å². The van der Waals surface area contributed by atoms with E-state index in [9.17, 15) is 22.8 Å². The van der Waals surface area contributed by atoms with Crippen molar-refractivity contribution in [1.82, 2.24) is 10.3 Å². The molecule has 7 nitrogen and oxygen atoms in total. The van der Waals surface area contributed by atoms with E-state index in [2.05, 4.69) is 10.3 Å². The van der Waals surface area contributed by atoms with Gasteiger partial charge in [-0.3, -0.25) is 9.59 Å². The first-order chi connectivity index (χ1) is 18.5. The number of amides is 2. The van der Waals surface area contributed by atoms with Crippen LogP contribution in [0.1, 0.15) is 45.8 Å². The molecule has 1 aliphatic rings. The molecule has 0 atom stereocenters. The van der Waals surface area contributed by atoms with Crippen molar-refractivity contribution in [1.29, 1.82) is 5.26 Å². The van der Waals surface area contributed by atoms with Crippen molar-refractivity contribution >= 4 is 52.2 Å². The number of hydrogen-bond donors (Lipinski definition) is 1. The molecule has 39 heavy (non-hydrogen) atoms. The molecule has 0 bridgehead atoms. The van der Waals surface area contributed by atoms with Crippen molar-refractivity contribution < 1.29 is 27.2 Å². The van der Waals surface area contributed by atoms with Gasteiger partial charge in [-0.25, -0.2) is 9.37 Å². The highest BCUT2D eigenvalue weighted by molar-refractivity contribution is 7.79. The molecule has 1 aromatic carbocycles. The lowest BCUT2D eigenvalue weighted by Crippen LogP contribution is -2.63. The van der Waals surface area contributed by atoms with Crippen molar-refractivity contribution in [2.75, 3.05) is 16.8 Å². The Bertz CT molecular complexity index is 1450. The van der Waals surface area contributed by atoms with E-state index in [1.165, 1.54) is 47.0 Å². The maximum Gasteiger partial charge on any atom is 0.419 e. The standard InChI is InChI=1S/C26H21F4N5O2S2/c1-34(17-10-20(26(28,29)30)22(12-31)32-13-17)24(37)25(7-3-8-25)35(15-38)16-5-6-19(21(27)11-16)23(36)33-14-18-4-2-9-39-18/h2,4-6,9-11,13,15H,3,7-8,14H2,1H3,(H,33,36). The van der Waals surface area contributed by atoms with Gasteiger partial charge in [0.15, 0.2) is 5.69 Å². The summed E-state index contributed by atoms with van der Waals surface area (Å²) in [5.74, 6) is -2.00. The van der Waals surface area contributed by atoms with Gasteiger partial charge in [0.2, 0.25) is 0 Å². The summed E-state index contributed by atoms with van der Waals surface area (Å²) in [6.45, 7) is 0.244. The van der Waals surface area contributed by atoms with Gasteiger partial charge in [0.25, 0.3) is 11.8 Å². The molecule has 202 valence electrons. The number of nitriles is 1. The molecule has 1 aliphatic carbocycles. The fraction of sp³-hybridized carbons (Fsp3) is 0.269. The molecule has 0 saturated heterocycles. The lowest BCUT2D eigenvalue weighted by atomic mass is 9.74. The van der Waals surface area contributed by atoms with Gasteiger partial charge in [0.05, 0.1) is 35.0 Å². The van der Waals surface area contributed by atoms with Crippen LogP contribution in [0, 0.1) is 17.1 Å². The Balaban J connectivity index is 1.60. The molecule has 2 amide bonds. The van der Waals surface area contributed by atoms with Gasteiger partial charge in [-0.2, -0.15) is 18.4 Å². The van der Waals surface area contributed by atoms with Crippen LogP contribution in [0.3, 0.4) is 0 Å².